The molecule has 0 spiro atoms. The van der Waals surface area contributed by atoms with Gasteiger partial charge in [0.25, 0.3) is 0 Å². The lowest BCUT2D eigenvalue weighted by Crippen LogP contribution is -2.03. The maximum absolute atomic E-state index is 5.76. The molecule has 0 aliphatic carbocycles. The Hall–Kier alpha value is -1.33. The monoisotopic (exact) mass is 292 g/mol. The Morgan fingerprint density at radius 1 is 1.41 bits per heavy atom. The van der Waals surface area contributed by atoms with Crippen molar-refractivity contribution in [2.45, 2.75) is 13.5 Å². The zero-order valence-electron chi connectivity index (χ0n) is 9.74. The fraction of sp³-hybridized carbons (Fsp3) is 0.250. The number of fused-ring (bicyclic) bond motifs is 3. The van der Waals surface area contributed by atoms with Crippen LogP contribution in [0.15, 0.2) is 22.8 Å². The number of hydrogen-bond donors (Lipinski definition) is 1. The molecule has 2 N–H and O–H groups in total. The van der Waals surface area contributed by atoms with Gasteiger partial charge in [0.2, 0.25) is 5.78 Å². The zero-order chi connectivity index (χ0) is 12.2. The molecule has 0 bridgehead atoms. The molecular formula is C12H13BrN4. The minimum atomic E-state index is 0.494. The van der Waals surface area contributed by atoms with Crippen LogP contribution in [0.3, 0.4) is 0 Å². The lowest BCUT2D eigenvalue weighted by molar-refractivity contribution is 0.836. The average Bonchev–Trinajstić information content (AvgIpc) is 2.77. The van der Waals surface area contributed by atoms with Gasteiger partial charge in [-0.15, -0.1) is 0 Å². The standard InChI is InChI=1S/C12H13BrN4/c1-7-3-4-8-9(5-7)17-11(13)10(6-14)16(2)12(17)15-8/h3-5H,6,14H2,1-2H3. The lowest BCUT2D eigenvalue weighted by Gasteiger charge is -1.99. The summed E-state index contributed by atoms with van der Waals surface area (Å²) >= 11 is 3.61. The molecule has 0 fully saturated rings. The molecule has 0 aliphatic rings. The number of imidazole rings is 2. The van der Waals surface area contributed by atoms with Crippen LogP contribution in [-0.4, -0.2) is 14.0 Å². The number of aromatic nitrogens is 3. The van der Waals surface area contributed by atoms with Crippen molar-refractivity contribution in [3.8, 4) is 0 Å². The summed E-state index contributed by atoms with van der Waals surface area (Å²) in [6.45, 7) is 2.58. The van der Waals surface area contributed by atoms with Crippen LogP contribution in [0.1, 0.15) is 11.3 Å². The number of benzene rings is 1. The maximum atomic E-state index is 5.76. The van der Waals surface area contributed by atoms with Crippen LogP contribution >= 0.6 is 15.9 Å². The minimum absolute atomic E-state index is 0.494. The third kappa shape index (κ3) is 1.36. The van der Waals surface area contributed by atoms with E-state index in [0.717, 1.165) is 27.1 Å². The molecule has 4 nitrogen and oxygen atoms in total. The molecule has 17 heavy (non-hydrogen) atoms. The largest absolute Gasteiger partial charge is 0.325 e. The number of nitrogens with two attached hydrogens (primary N) is 1. The number of halogens is 1. The van der Waals surface area contributed by atoms with Crippen LogP contribution in [0.4, 0.5) is 0 Å². The molecule has 0 aliphatic heterocycles. The first-order valence-electron chi connectivity index (χ1n) is 5.45. The van der Waals surface area contributed by atoms with Gasteiger partial charge in [0, 0.05) is 13.6 Å². The number of rotatable bonds is 1. The first-order chi connectivity index (χ1) is 8.13. The highest BCUT2D eigenvalue weighted by Crippen LogP contribution is 2.27. The van der Waals surface area contributed by atoms with E-state index in [4.69, 9.17) is 5.73 Å². The smallest absolute Gasteiger partial charge is 0.215 e. The van der Waals surface area contributed by atoms with Crippen molar-refractivity contribution < 1.29 is 0 Å². The van der Waals surface area contributed by atoms with Crippen LogP contribution in [0.25, 0.3) is 16.8 Å². The Kier molecular flexibility index (Phi) is 2.27. The molecule has 0 amide bonds. The van der Waals surface area contributed by atoms with Gasteiger partial charge in [-0.3, -0.25) is 4.40 Å². The first-order valence-corrected chi connectivity index (χ1v) is 6.24. The van der Waals surface area contributed by atoms with Crippen molar-refractivity contribution >= 4 is 32.7 Å². The van der Waals surface area contributed by atoms with Gasteiger partial charge in [0.1, 0.15) is 4.60 Å². The highest BCUT2D eigenvalue weighted by atomic mass is 79.9. The molecule has 1 aromatic carbocycles. The lowest BCUT2D eigenvalue weighted by atomic mass is 10.2. The van der Waals surface area contributed by atoms with Crippen LogP contribution in [0, 0.1) is 6.92 Å². The molecule has 5 heteroatoms. The van der Waals surface area contributed by atoms with Crippen molar-refractivity contribution in [3.05, 3.63) is 34.1 Å². The van der Waals surface area contributed by atoms with E-state index >= 15 is 0 Å². The Morgan fingerprint density at radius 2 is 2.18 bits per heavy atom. The average molecular weight is 293 g/mol. The number of hydrogen-bond acceptors (Lipinski definition) is 2. The Morgan fingerprint density at radius 3 is 2.88 bits per heavy atom. The molecule has 3 aromatic rings. The Bertz CT molecular complexity index is 723. The van der Waals surface area contributed by atoms with E-state index in [1.54, 1.807) is 0 Å². The van der Waals surface area contributed by atoms with Crippen molar-refractivity contribution in [3.63, 3.8) is 0 Å². The van der Waals surface area contributed by atoms with Gasteiger partial charge in [0.05, 0.1) is 16.7 Å². The summed E-state index contributed by atoms with van der Waals surface area (Å²) in [5.41, 5.74) is 10.2. The van der Waals surface area contributed by atoms with Crippen LogP contribution in [-0.2, 0) is 13.6 Å². The second-order valence-electron chi connectivity index (χ2n) is 4.24. The van der Waals surface area contributed by atoms with Crippen LogP contribution in [0.5, 0.6) is 0 Å². The number of aryl methyl sites for hydroxylation is 2. The molecular weight excluding hydrogens is 280 g/mol. The van der Waals surface area contributed by atoms with Crippen LogP contribution in [0.2, 0.25) is 0 Å². The highest BCUT2D eigenvalue weighted by molar-refractivity contribution is 9.10. The molecule has 0 atom stereocenters. The van der Waals surface area contributed by atoms with Gasteiger partial charge >= 0.3 is 0 Å². The molecule has 0 radical (unpaired) electrons. The summed E-state index contributed by atoms with van der Waals surface area (Å²) in [4.78, 5) is 4.63. The Balaban J connectivity index is 2.54. The SMILES string of the molecule is Cc1ccc2nc3n(C)c(CN)c(Br)n3c2c1. The predicted octanol–water partition coefficient (Wildman–Crippen LogP) is 2.36. The van der Waals surface area contributed by atoms with E-state index < -0.39 is 0 Å². The summed E-state index contributed by atoms with van der Waals surface area (Å²) in [7, 11) is 1.99. The van der Waals surface area contributed by atoms with Crippen molar-refractivity contribution in [1.82, 2.24) is 14.0 Å². The van der Waals surface area contributed by atoms with E-state index in [2.05, 4.69) is 44.4 Å². The normalized spacial score (nSPS) is 11.8. The van der Waals surface area contributed by atoms with E-state index in [1.165, 1.54) is 5.56 Å². The summed E-state index contributed by atoms with van der Waals surface area (Å²) in [5, 5.41) is 0. The summed E-state index contributed by atoms with van der Waals surface area (Å²) in [5.74, 6) is 0.915. The molecule has 0 saturated heterocycles. The zero-order valence-corrected chi connectivity index (χ0v) is 11.3. The second kappa shape index (κ2) is 3.58. The fourth-order valence-corrected chi connectivity index (χ4v) is 2.98. The highest BCUT2D eigenvalue weighted by Gasteiger charge is 2.16. The molecule has 0 unspecified atom stereocenters. The third-order valence-corrected chi connectivity index (χ3v) is 3.94. The van der Waals surface area contributed by atoms with Gasteiger partial charge in [-0.1, -0.05) is 6.07 Å². The summed E-state index contributed by atoms with van der Waals surface area (Å²) in [6, 6.07) is 6.26. The summed E-state index contributed by atoms with van der Waals surface area (Å²) in [6.07, 6.45) is 0. The van der Waals surface area contributed by atoms with E-state index in [-0.39, 0.29) is 0 Å². The fourth-order valence-electron chi connectivity index (χ4n) is 2.20. The van der Waals surface area contributed by atoms with Gasteiger partial charge in [-0.2, -0.15) is 0 Å². The third-order valence-electron chi connectivity index (χ3n) is 3.12. The van der Waals surface area contributed by atoms with E-state index in [9.17, 15) is 0 Å². The van der Waals surface area contributed by atoms with Gasteiger partial charge < -0.3 is 10.3 Å². The second-order valence-corrected chi connectivity index (χ2v) is 4.99. The van der Waals surface area contributed by atoms with Crippen molar-refractivity contribution in [1.29, 1.82) is 0 Å². The number of nitrogens with zero attached hydrogens (tertiary/aromatic N) is 3. The van der Waals surface area contributed by atoms with Gasteiger partial charge in [-0.05, 0) is 40.5 Å². The molecule has 2 aromatic heterocycles. The first kappa shape index (κ1) is 10.8. The topological polar surface area (TPSA) is 48.2 Å². The molecule has 3 rings (SSSR count). The minimum Gasteiger partial charge on any atom is -0.325 e. The molecule has 2 heterocycles. The van der Waals surface area contributed by atoms with Crippen LogP contribution < -0.4 is 5.73 Å². The summed E-state index contributed by atoms with van der Waals surface area (Å²) < 4.78 is 5.12. The van der Waals surface area contributed by atoms with E-state index in [1.807, 2.05) is 17.7 Å². The van der Waals surface area contributed by atoms with Crippen molar-refractivity contribution in [2.24, 2.45) is 12.8 Å². The molecule has 0 saturated carbocycles. The quantitative estimate of drug-likeness (QED) is 0.748. The van der Waals surface area contributed by atoms with Crippen molar-refractivity contribution in [2.75, 3.05) is 0 Å². The maximum Gasteiger partial charge on any atom is 0.215 e. The van der Waals surface area contributed by atoms with Gasteiger partial charge in [-0.25, -0.2) is 4.98 Å². The Labute approximate surface area is 107 Å². The van der Waals surface area contributed by atoms with E-state index in [0.29, 0.717) is 6.54 Å². The van der Waals surface area contributed by atoms with Gasteiger partial charge in [0.15, 0.2) is 0 Å². The predicted molar refractivity (Wildman–Crippen MR) is 72.0 cm³/mol. The molecule has 88 valence electrons.